The van der Waals surface area contributed by atoms with E-state index < -0.39 is 0 Å². The summed E-state index contributed by atoms with van der Waals surface area (Å²) in [5, 5.41) is 3.93. The van der Waals surface area contributed by atoms with Crippen molar-refractivity contribution in [1.29, 1.82) is 0 Å². The first-order valence-corrected chi connectivity index (χ1v) is 8.24. The number of nitrogens with zero attached hydrogens (tertiary/aromatic N) is 2. The number of nitrogens with two attached hydrogens (primary N) is 1. The van der Waals surface area contributed by atoms with E-state index in [1.807, 2.05) is 18.7 Å². The largest absolute Gasteiger partial charge is 0.361 e. The number of hydrogen-bond donors (Lipinski definition) is 1. The van der Waals surface area contributed by atoms with Gasteiger partial charge in [-0.3, -0.25) is 4.79 Å². The lowest BCUT2D eigenvalue weighted by Crippen LogP contribution is -2.40. The van der Waals surface area contributed by atoms with Crippen LogP contribution in [0.15, 0.2) is 4.52 Å². The highest BCUT2D eigenvalue weighted by Gasteiger charge is 2.21. The Hall–Kier alpha value is -0.720. The fraction of sp³-hybridized carbons (Fsp3) is 0.714. The van der Waals surface area contributed by atoms with Gasteiger partial charge in [-0.2, -0.15) is 0 Å². The van der Waals surface area contributed by atoms with Crippen LogP contribution in [0.5, 0.6) is 0 Å². The van der Waals surface area contributed by atoms with Gasteiger partial charge in [0.25, 0.3) is 0 Å². The molecule has 0 aromatic carbocycles. The van der Waals surface area contributed by atoms with E-state index in [1.54, 1.807) is 11.8 Å². The molecule has 1 saturated heterocycles. The molecule has 2 heterocycles. The average molecular weight is 334 g/mol. The van der Waals surface area contributed by atoms with Gasteiger partial charge in [0.15, 0.2) is 0 Å². The number of aromatic nitrogens is 1. The summed E-state index contributed by atoms with van der Waals surface area (Å²) < 4.78 is 5.12. The summed E-state index contributed by atoms with van der Waals surface area (Å²) in [4.78, 5) is 14.1. The maximum absolute atomic E-state index is 12.1. The molecule has 2 N–H and O–H groups in total. The van der Waals surface area contributed by atoms with Crippen LogP contribution in [0.25, 0.3) is 0 Å². The normalized spacial score (nSPS) is 15.9. The van der Waals surface area contributed by atoms with Crippen LogP contribution in [-0.2, 0) is 10.5 Å². The Morgan fingerprint density at radius 2 is 2.10 bits per heavy atom. The molecule has 0 atom stereocenters. The van der Waals surface area contributed by atoms with E-state index in [2.05, 4.69) is 5.16 Å². The zero-order valence-corrected chi connectivity index (χ0v) is 14.3. The Kier molecular flexibility index (Phi) is 7.56. The topological polar surface area (TPSA) is 72.4 Å². The predicted octanol–water partition coefficient (Wildman–Crippen LogP) is 2.14. The number of carbonyl (C=O) groups excluding carboxylic acids is 1. The van der Waals surface area contributed by atoms with Gasteiger partial charge in [-0.25, -0.2) is 0 Å². The van der Waals surface area contributed by atoms with Crippen LogP contribution in [0.4, 0.5) is 0 Å². The van der Waals surface area contributed by atoms with Crippen LogP contribution in [0.2, 0.25) is 0 Å². The predicted molar refractivity (Wildman–Crippen MR) is 87.7 cm³/mol. The van der Waals surface area contributed by atoms with Crippen LogP contribution in [0.3, 0.4) is 0 Å². The van der Waals surface area contributed by atoms with Crippen molar-refractivity contribution >= 4 is 30.1 Å². The molecule has 0 spiro atoms. The molecule has 0 bridgehead atoms. The van der Waals surface area contributed by atoms with Gasteiger partial charge in [-0.05, 0) is 39.2 Å². The van der Waals surface area contributed by atoms with Gasteiger partial charge in [-0.1, -0.05) is 5.16 Å². The Morgan fingerprint density at radius 3 is 2.62 bits per heavy atom. The quantitative estimate of drug-likeness (QED) is 0.893. The molecule has 0 saturated carbocycles. The standard InChI is InChI=1S/C14H23N3O2S.ClH/c1-10-13(11(2)19-16-10)8-20-9-14(18)17-5-3-12(7-15)4-6-17;/h12H,3-9,15H2,1-2H3;1H. The van der Waals surface area contributed by atoms with E-state index >= 15 is 0 Å². The van der Waals surface area contributed by atoms with Gasteiger partial charge in [0.1, 0.15) is 5.76 Å². The second kappa shape index (κ2) is 8.66. The Morgan fingerprint density at radius 1 is 1.43 bits per heavy atom. The lowest BCUT2D eigenvalue weighted by atomic mass is 9.97. The van der Waals surface area contributed by atoms with E-state index in [9.17, 15) is 4.79 Å². The molecule has 1 aromatic heterocycles. The number of amides is 1. The summed E-state index contributed by atoms with van der Waals surface area (Å²) in [6.07, 6.45) is 2.08. The minimum Gasteiger partial charge on any atom is -0.361 e. The lowest BCUT2D eigenvalue weighted by Gasteiger charge is -2.31. The van der Waals surface area contributed by atoms with Crippen molar-refractivity contribution in [1.82, 2.24) is 10.1 Å². The molecule has 1 amide bonds. The number of piperidine rings is 1. The molecule has 2 rings (SSSR count). The third-order valence-electron chi connectivity index (χ3n) is 3.95. The van der Waals surface area contributed by atoms with E-state index in [4.69, 9.17) is 10.3 Å². The number of carbonyl (C=O) groups is 1. The second-order valence-corrected chi connectivity index (χ2v) is 6.34. The van der Waals surface area contributed by atoms with Gasteiger partial charge in [0.05, 0.1) is 11.4 Å². The lowest BCUT2D eigenvalue weighted by molar-refractivity contribution is -0.129. The molecule has 1 aromatic rings. The summed E-state index contributed by atoms with van der Waals surface area (Å²) in [5.74, 6) is 2.99. The monoisotopic (exact) mass is 333 g/mol. The summed E-state index contributed by atoms with van der Waals surface area (Å²) >= 11 is 1.63. The SMILES string of the molecule is Cc1noc(C)c1CSCC(=O)N1CCC(CN)CC1.Cl. The van der Waals surface area contributed by atoms with Crippen LogP contribution in [0.1, 0.15) is 29.9 Å². The smallest absolute Gasteiger partial charge is 0.232 e. The highest BCUT2D eigenvalue weighted by molar-refractivity contribution is 7.99. The minimum absolute atomic E-state index is 0. The molecule has 0 unspecified atom stereocenters. The number of hydrogen-bond acceptors (Lipinski definition) is 5. The van der Waals surface area contributed by atoms with Crippen LogP contribution >= 0.6 is 24.2 Å². The van der Waals surface area contributed by atoms with E-state index in [0.29, 0.717) is 11.7 Å². The van der Waals surface area contributed by atoms with E-state index in [-0.39, 0.29) is 18.3 Å². The van der Waals surface area contributed by atoms with Crippen molar-refractivity contribution < 1.29 is 9.32 Å². The highest BCUT2D eigenvalue weighted by atomic mass is 35.5. The third-order valence-corrected chi connectivity index (χ3v) is 4.90. The van der Waals surface area contributed by atoms with Crippen molar-refractivity contribution in [2.75, 3.05) is 25.4 Å². The van der Waals surface area contributed by atoms with Crippen molar-refractivity contribution in [3.63, 3.8) is 0 Å². The molecule has 1 aliphatic heterocycles. The summed E-state index contributed by atoms with van der Waals surface area (Å²) in [6.45, 7) is 6.29. The van der Waals surface area contributed by atoms with Crippen molar-refractivity contribution in [2.24, 2.45) is 11.7 Å². The molecular weight excluding hydrogens is 310 g/mol. The molecule has 120 valence electrons. The average Bonchev–Trinajstić information content (AvgIpc) is 2.79. The number of halogens is 1. The molecule has 0 aliphatic carbocycles. The van der Waals surface area contributed by atoms with Crippen molar-refractivity contribution in [3.05, 3.63) is 17.0 Å². The summed E-state index contributed by atoms with van der Waals surface area (Å²) in [6, 6.07) is 0. The van der Waals surface area contributed by atoms with Crippen LogP contribution in [-0.4, -0.2) is 41.4 Å². The number of thioether (sulfide) groups is 1. The Balaban J connectivity index is 0.00000220. The van der Waals surface area contributed by atoms with E-state index in [1.165, 1.54) is 0 Å². The number of rotatable bonds is 5. The third kappa shape index (κ3) is 4.90. The first-order chi connectivity index (χ1) is 9.61. The van der Waals surface area contributed by atoms with Crippen molar-refractivity contribution in [2.45, 2.75) is 32.4 Å². The molecular formula is C14H24ClN3O2S. The number of aryl methyl sites for hydroxylation is 2. The van der Waals surface area contributed by atoms with Gasteiger partial charge >= 0.3 is 0 Å². The van der Waals surface area contributed by atoms with E-state index in [0.717, 1.165) is 55.2 Å². The molecule has 1 aliphatic rings. The Bertz CT molecular complexity index is 440. The number of likely N-dealkylation sites (tertiary alicyclic amines) is 1. The van der Waals surface area contributed by atoms with Gasteiger partial charge in [-0.15, -0.1) is 24.2 Å². The van der Waals surface area contributed by atoms with Crippen LogP contribution < -0.4 is 5.73 Å². The second-order valence-electron chi connectivity index (χ2n) is 5.36. The molecule has 1 fully saturated rings. The first-order valence-electron chi connectivity index (χ1n) is 7.09. The fourth-order valence-electron chi connectivity index (χ4n) is 2.46. The Labute approximate surface area is 136 Å². The first kappa shape index (κ1) is 18.3. The zero-order chi connectivity index (χ0) is 14.5. The summed E-state index contributed by atoms with van der Waals surface area (Å²) in [5.41, 5.74) is 7.70. The van der Waals surface area contributed by atoms with Gasteiger partial charge < -0.3 is 15.2 Å². The maximum atomic E-state index is 12.1. The fourth-order valence-corrected chi connectivity index (χ4v) is 3.53. The molecule has 21 heavy (non-hydrogen) atoms. The minimum atomic E-state index is 0. The van der Waals surface area contributed by atoms with Crippen molar-refractivity contribution in [3.8, 4) is 0 Å². The zero-order valence-electron chi connectivity index (χ0n) is 12.6. The van der Waals surface area contributed by atoms with Gasteiger partial charge in [0, 0.05) is 24.4 Å². The summed E-state index contributed by atoms with van der Waals surface area (Å²) in [7, 11) is 0. The molecule has 7 heteroatoms. The molecule has 5 nitrogen and oxygen atoms in total. The van der Waals surface area contributed by atoms with Gasteiger partial charge in [0.2, 0.25) is 5.91 Å². The van der Waals surface area contributed by atoms with Crippen LogP contribution in [0, 0.1) is 19.8 Å². The highest BCUT2D eigenvalue weighted by Crippen LogP contribution is 2.21. The molecule has 0 radical (unpaired) electrons. The maximum Gasteiger partial charge on any atom is 0.232 e.